The topological polar surface area (TPSA) is 97.8 Å². The van der Waals surface area contributed by atoms with Crippen molar-refractivity contribution in [1.29, 1.82) is 0 Å². The zero-order chi connectivity index (χ0) is 18.8. The van der Waals surface area contributed by atoms with Gasteiger partial charge in [0, 0.05) is 42.6 Å². The second kappa shape index (κ2) is 10.0. The Balaban J connectivity index is 1.92. The highest BCUT2D eigenvalue weighted by Gasteiger charge is 2.09. The van der Waals surface area contributed by atoms with Crippen molar-refractivity contribution in [2.75, 3.05) is 12.4 Å². The zero-order valence-corrected chi connectivity index (χ0v) is 14.6. The van der Waals surface area contributed by atoms with Gasteiger partial charge in [0.2, 0.25) is 5.91 Å². The Kier molecular flexibility index (Phi) is 7.42. The van der Waals surface area contributed by atoms with Gasteiger partial charge in [0.05, 0.1) is 7.11 Å². The van der Waals surface area contributed by atoms with E-state index in [1.54, 1.807) is 37.7 Å². The van der Waals surface area contributed by atoms with E-state index >= 15 is 0 Å². The first kappa shape index (κ1) is 19.2. The van der Waals surface area contributed by atoms with E-state index in [2.05, 4.69) is 10.3 Å². The van der Waals surface area contributed by atoms with E-state index in [0.29, 0.717) is 36.6 Å². The largest absolute Gasteiger partial charge is 0.493 e. The highest BCUT2D eigenvalue weighted by atomic mass is 16.5. The minimum atomic E-state index is -0.851. The SMILES string of the molecule is COc1ccc(NC(=O)CCCCC(=O)O)cc1OCc1cccnc1. The third-order valence-corrected chi connectivity index (χ3v) is 3.61. The third kappa shape index (κ3) is 6.43. The summed E-state index contributed by atoms with van der Waals surface area (Å²) in [5.41, 5.74) is 1.51. The maximum absolute atomic E-state index is 12.0. The summed E-state index contributed by atoms with van der Waals surface area (Å²) in [7, 11) is 1.55. The van der Waals surface area contributed by atoms with Crippen LogP contribution in [0.2, 0.25) is 0 Å². The number of benzene rings is 1. The average molecular weight is 358 g/mol. The molecule has 2 rings (SSSR count). The standard InChI is InChI=1S/C19H22N2O5/c1-25-16-9-8-15(21-18(22)6-2-3-7-19(23)24)11-17(16)26-13-14-5-4-10-20-12-14/h4-5,8-12H,2-3,6-7,13H2,1H3,(H,21,22)(H,23,24). The van der Waals surface area contributed by atoms with E-state index in [-0.39, 0.29) is 18.7 Å². The van der Waals surface area contributed by atoms with Crippen molar-refractivity contribution in [2.24, 2.45) is 0 Å². The number of amides is 1. The van der Waals surface area contributed by atoms with Crippen molar-refractivity contribution in [2.45, 2.75) is 32.3 Å². The first-order valence-electron chi connectivity index (χ1n) is 8.30. The molecule has 0 aliphatic rings. The van der Waals surface area contributed by atoms with Crippen LogP contribution in [0.25, 0.3) is 0 Å². The smallest absolute Gasteiger partial charge is 0.303 e. The maximum atomic E-state index is 12.0. The van der Waals surface area contributed by atoms with Crippen LogP contribution in [0.4, 0.5) is 5.69 Å². The van der Waals surface area contributed by atoms with Crippen molar-refractivity contribution in [3.05, 3.63) is 48.3 Å². The molecule has 7 nitrogen and oxygen atoms in total. The Hall–Kier alpha value is -3.09. The monoisotopic (exact) mass is 358 g/mol. The summed E-state index contributed by atoms with van der Waals surface area (Å²) in [6.45, 7) is 0.330. The number of anilines is 1. The van der Waals surface area contributed by atoms with Crippen molar-refractivity contribution >= 4 is 17.6 Å². The highest BCUT2D eigenvalue weighted by molar-refractivity contribution is 5.91. The van der Waals surface area contributed by atoms with Crippen LogP contribution in [0.5, 0.6) is 11.5 Å². The van der Waals surface area contributed by atoms with Gasteiger partial charge in [0.25, 0.3) is 0 Å². The van der Waals surface area contributed by atoms with Gasteiger partial charge in [-0.25, -0.2) is 0 Å². The first-order chi connectivity index (χ1) is 12.6. The fourth-order valence-corrected chi connectivity index (χ4v) is 2.30. The summed E-state index contributed by atoms with van der Waals surface area (Å²) in [6.07, 6.45) is 4.75. The lowest BCUT2D eigenvalue weighted by molar-refractivity contribution is -0.137. The van der Waals surface area contributed by atoms with E-state index in [1.807, 2.05) is 12.1 Å². The molecular formula is C19H22N2O5. The van der Waals surface area contributed by atoms with Crippen molar-refractivity contribution in [3.8, 4) is 11.5 Å². The molecule has 26 heavy (non-hydrogen) atoms. The number of pyridine rings is 1. The predicted octanol–water partition coefficient (Wildman–Crippen LogP) is 3.25. The number of carbonyl (C=O) groups is 2. The molecule has 0 saturated carbocycles. The molecule has 0 aliphatic carbocycles. The number of nitrogens with one attached hydrogen (secondary N) is 1. The third-order valence-electron chi connectivity index (χ3n) is 3.61. The lowest BCUT2D eigenvalue weighted by Crippen LogP contribution is -2.11. The van der Waals surface area contributed by atoms with Crippen LogP contribution in [0.15, 0.2) is 42.7 Å². The van der Waals surface area contributed by atoms with E-state index in [0.717, 1.165) is 5.56 Å². The van der Waals surface area contributed by atoms with Crippen molar-refractivity contribution < 1.29 is 24.2 Å². The summed E-state index contributed by atoms with van der Waals surface area (Å²) >= 11 is 0. The van der Waals surface area contributed by atoms with Crippen LogP contribution < -0.4 is 14.8 Å². The fraction of sp³-hybridized carbons (Fsp3) is 0.316. The van der Waals surface area contributed by atoms with Gasteiger partial charge in [-0.1, -0.05) is 6.07 Å². The number of unbranched alkanes of at least 4 members (excludes halogenated alkanes) is 1. The predicted molar refractivity (Wildman–Crippen MR) is 96.3 cm³/mol. The van der Waals surface area contributed by atoms with Gasteiger partial charge in [-0.2, -0.15) is 0 Å². The molecule has 0 aliphatic heterocycles. The number of carbonyl (C=O) groups excluding carboxylic acids is 1. The molecule has 1 heterocycles. The molecule has 1 aromatic carbocycles. The Labute approximate surface area is 152 Å². The Morgan fingerprint density at radius 2 is 1.96 bits per heavy atom. The molecule has 0 atom stereocenters. The molecule has 0 radical (unpaired) electrons. The van der Waals surface area contributed by atoms with Crippen LogP contribution in [-0.2, 0) is 16.2 Å². The molecule has 138 valence electrons. The second-order valence-electron chi connectivity index (χ2n) is 5.66. The van der Waals surface area contributed by atoms with E-state index < -0.39 is 5.97 Å². The molecule has 0 unspecified atom stereocenters. The molecule has 0 saturated heterocycles. The molecular weight excluding hydrogens is 336 g/mol. The molecule has 2 aromatic rings. The van der Waals surface area contributed by atoms with E-state index in [4.69, 9.17) is 14.6 Å². The number of carboxylic acids is 1. The van der Waals surface area contributed by atoms with Crippen LogP contribution in [-0.4, -0.2) is 29.1 Å². The van der Waals surface area contributed by atoms with Crippen LogP contribution >= 0.6 is 0 Å². The fourth-order valence-electron chi connectivity index (χ4n) is 2.30. The normalized spacial score (nSPS) is 10.2. The van der Waals surface area contributed by atoms with E-state index in [1.165, 1.54) is 0 Å². The quantitative estimate of drug-likeness (QED) is 0.633. The molecule has 0 fully saturated rings. The number of ether oxygens (including phenoxy) is 2. The lowest BCUT2D eigenvalue weighted by Gasteiger charge is -2.13. The highest BCUT2D eigenvalue weighted by Crippen LogP contribution is 2.31. The Bertz CT molecular complexity index is 734. The molecule has 0 spiro atoms. The van der Waals surface area contributed by atoms with Gasteiger partial charge in [-0.05, 0) is 31.0 Å². The minimum Gasteiger partial charge on any atom is -0.493 e. The van der Waals surface area contributed by atoms with Gasteiger partial charge in [0.15, 0.2) is 11.5 Å². The molecule has 7 heteroatoms. The molecule has 2 N–H and O–H groups in total. The van der Waals surface area contributed by atoms with Crippen molar-refractivity contribution in [1.82, 2.24) is 4.98 Å². The number of nitrogens with zero attached hydrogens (tertiary/aromatic N) is 1. The molecule has 1 amide bonds. The van der Waals surface area contributed by atoms with Gasteiger partial charge in [-0.15, -0.1) is 0 Å². The molecule has 1 aromatic heterocycles. The number of hydrogen-bond acceptors (Lipinski definition) is 5. The minimum absolute atomic E-state index is 0.0716. The summed E-state index contributed by atoms with van der Waals surface area (Å²) in [5, 5.41) is 11.4. The zero-order valence-electron chi connectivity index (χ0n) is 14.6. The van der Waals surface area contributed by atoms with E-state index in [9.17, 15) is 9.59 Å². The number of carboxylic acid groups (broad SMARTS) is 1. The first-order valence-corrected chi connectivity index (χ1v) is 8.30. The summed E-state index contributed by atoms with van der Waals surface area (Å²) in [6, 6.07) is 8.88. The Morgan fingerprint density at radius 1 is 1.15 bits per heavy atom. The number of rotatable bonds is 10. The van der Waals surface area contributed by atoms with Gasteiger partial charge >= 0.3 is 5.97 Å². The van der Waals surface area contributed by atoms with Crippen LogP contribution in [0.1, 0.15) is 31.2 Å². The number of aromatic nitrogens is 1. The summed E-state index contributed by atoms with van der Waals surface area (Å²) < 4.78 is 11.1. The second-order valence-corrected chi connectivity index (χ2v) is 5.66. The van der Waals surface area contributed by atoms with Crippen LogP contribution in [0.3, 0.4) is 0 Å². The Morgan fingerprint density at radius 3 is 2.65 bits per heavy atom. The van der Waals surface area contributed by atoms with Gasteiger partial charge in [0.1, 0.15) is 6.61 Å². The number of hydrogen-bond donors (Lipinski definition) is 2. The summed E-state index contributed by atoms with van der Waals surface area (Å²) in [5.74, 6) is 0.0584. The van der Waals surface area contributed by atoms with Gasteiger partial charge in [-0.3, -0.25) is 14.6 Å². The summed E-state index contributed by atoms with van der Waals surface area (Å²) in [4.78, 5) is 26.5. The average Bonchev–Trinajstić information content (AvgIpc) is 2.64. The lowest BCUT2D eigenvalue weighted by atomic mass is 10.2. The number of aliphatic carboxylic acids is 1. The maximum Gasteiger partial charge on any atom is 0.303 e. The number of methoxy groups -OCH3 is 1. The van der Waals surface area contributed by atoms with Gasteiger partial charge < -0.3 is 19.9 Å². The van der Waals surface area contributed by atoms with Crippen LogP contribution in [0, 0.1) is 0 Å². The van der Waals surface area contributed by atoms with Crippen molar-refractivity contribution in [3.63, 3.8) is 0 Å². The molecule has 0 bridgehead atoms.